The van der Waals surface area contributed by atoms with Crippen LogP contribution in [-0.2, 0) is 9.31 Å². The van der Waals surface area contributed by atoms with E-state index in [9.17, 15) is 4.39 Å². The molecule has 0 aliphatic carbocycles. The van der Waals surface area contributed by atoms with Gasteiger partial charge in [0.2, 0.25) is 0 Å². The van der Waals surface area contributed by atoms with Crippen molar-refractivity contribution in [1.82, 2.24) is 0 Å². The van der Waals surface area contributed by atoms with Gasteiger partial charge in [-0.1, -0.05) is 11.8 Å². The zero-order valence-electron chi connectivity index (χ0n) is 14.0. The van der Waals surface area contributed by atoms with Crippen molar-refractivity contribution in [3.05, 3.63) is 27.6 Å². The molecule has 23 heavy (non-hydrogen) atoms. The third kappa shape index (κ3) is 4.45. The molecule has 1 aromatic rings. The number of thiophene rings is 1. The molecule has 1 saturated heterocycles. The summed E-state index contributed by atoms with van der Waals surface area (Å²) < 4.78 is 25.8. The van der Waals surface area contributed by atoms with Crippen LogP contribution >= 0.6 is 11.3 Å². The number of halogens is 1. The lowest BCUT2D eigenvalue weighted by atomic mass is 9.87. The van der Waals surface area contributed by atoms with Crippen LogP contribution in [0.25, 0.3) is 6.08 Å². The standard InChI is InChI=1S/C17H22BFO3S/c1-16(2)17(3,4)22-18(21-16)15(19)12-14-10-9-13(23-14)8-6-5-7-11-20/h9-10,12,20H,5,7,11H2,1-4H3. The van der Waals surface area contributed by atoms with Crippen LogP contribution < -0.4 is 0 Å². The molecule has 1 N–H and O–H groups in total. The van der Waals surface area contributed by atoms with Crippen molar-refractivity contribution in [1.29, 1.82) is 0 Å². The predicted molar refractivity (Wildman–Crippen MR) is 92.7 cm³/mol. The molecule has 1 aromatic heterocycles. The Morgan fingerprint density at radius 2 is 1.96 bits per heavy atom. The summed E-state index contributed by atoms with van der Waals surface area (Å²) >= 11 is 1.41. The average molecular weight is 336 g/mol. The highest BCUT2D eigenvalue weighted by molar-refractivity contribution is 7.13. The minimum absolute atomic E-state index is 0.145. The quantitative estimate of drug-likeness (QED) is 0.516. The van der Waals surface area contributed by atoms with Gasteiger partial charge in [-0.15, -0.1) is 11.3 Å². The minimum atomic E-state index is -0.971. The second-order valence-electron chi connectivity index (χ2n) is 6.45. The maximum Gasteiger partial charge on any atom is 0.525 e. The normalized spacial score (nSPS) is 19.6. The molecule has 0 aromatic carbocycles. The summed E-state index contributed by atoms with van der Waals surface area (Å²) in [5.41, 5.74) is -1.55. The van der Waals surface area contributed by atoms with Gasteiger partial charge < -0.3 is 14.4 Å². The molecule has 6 heteroatoms. The highest BCUT2D eigenvalue weighted by Gasteiger charge is 2.53. The highest BCUT2D eigenvalue weighted by Crippen LogP contribution is 2.39. The number of hydrogen-bond acceptors (Lipinski definition) is 4. The van der Waals surface area contributed by atoms with Crippen LogP contribution in [-0.4, -0.2) is 30.0 Å². The van der Waals surface area contributed by atoms with Crippen molar-refractivity contribution in [2.24, 2.45) is 0 Å². The maximum atomic E-state index is 14.4. The van der Waals surface area contributed by atoms with Crippen molar-refractivity contribution in [2.75, 3.05) is 6.61 Å². The second-order valence-corrected chi connectivity index (χ2v) is 7.56. The third-order valence-corrected chi connectivity index (χ3v) is 5.00. The lowest BCUT2D eigenvalue weighted by Gasteiger charge is -2.32. The van der Waals surface area contributed by atoms with Crippen LogP contribution in [0.4, 0.5) is 4.39 Å². The molecule has 0 spiro atoms. The largest absolute Gasteiger partial charge is 0.525 e. The van der Waals surface area contributed by atoms with Gasteiger partial charge >= 0.3 is 7.12 Å². The number of aliphatic hydroxyl groups excluding tert-OH is 1. The molecule has 124 valence electrons. The van der Waals surface area contributed by atoms with Crippen molar-refractivity contribution in [2.45, 2.75) is 51.7 Å². The summed E-state index contributed by atoms with van der Waals surface area (Å²) in [4.78, 5) is 1.64. The summed E-state index contributed by atoms with van der Waals surface area (Å²) in [6.45, 7) is 7.72. The third-order valence-electron chi connectivity index (χ3n) is 4.06. The fourth-order valence-electron chi connectivity index (χ4n) is 1.97. The van der Waals surface area contributed by atoms with Gasteiger partial charge in [0.25, 0.3) is 0 Å². The van der Waals surface area contributed by atoms with Crippen molar-refractivity contribution >= 4 is 24.5 Å². The predicted octanol–water partition coefficient (Wildman–Crippen LogP) is 3.81. The van der Waals surface area contributed by atoms with Gasteiger partial charge in [-0.05, 0) is 52.3 Å². The molecular weight excluding hydrogens is 314 g/mol. The van der Waals surface area contributed by atoms with E-state index in [0.29, 0.717) is 12.8 Å². The summed E-state index contributed by atoms with van der Waals surface area (Å²) in [6.07, 6.45) is 2.76. The molecule has 2 rings (SSSR count). The van der Waals surface area contributed by atoms with Gasteiger partial charge in [0.05, 0.1) is 16.1 Å². The molecule has 1 aliphatic heterocycles. The Morgan fingerprint density at radius 3 is 2.57 bits per heavy atom. The molecule has 0 unspecified atom stereocenters. The van der Waals surface area contributed by atoms with E-state index >= 15 is 0 Å². The van der Waals surface area contributed by atoms with E-state index in [1.54, 1.807) is 0 Å². The summed E-state index contributed by atoms with van der Waals surface area (Å²) in [5, 5.41) is 8.71. The topological polar surface area (TPSA) is 38.7 Å². The first-order valence-electron chi connectivity index (χ1n) is 7.67. The molecular formula is C17H22BFO3S. The lowest BCUT2D eigenvalue weighted by Crippen LogP contribution is -2.41. The van der Waals surface area contributed by atoms with E-state index in [4.69, 9.17) is 14.4 Å². The number of hydrogen-bond donors (Lipinski definition) is 1. The van der Waals surface area contributed by atoms with Crippen LogP contribution in [0.2, 0.25) is 0 Å². The van der Waals surface area contributed by atoms with Gasteiger partial charge in [-0.2, -0.15) is 0 Å². The number of rotatable bonds is 4. The molecule has 2 heterocycles. The van der Waals surface area contributed by atoms with Crippen molar-refractivity contribution in [3.63, 3.8) is 0 Å². The van der Waals surface area contributed by atoms with Crippen LogP contribution in [0.3, 0.4) is 0 Å². The monoisotopic (exact) mass is 336 g/mol. The van der Waals surface area contributed by atoms with E-state index in [2.05, 4.69) is 11.8 Å². The summed E-state index contributed by atoms with van der Waals surface area (Å²) in [5.74, 6) is 5.99. The Balaban J connectivity index is 2.04. The summed E-state index contributed by atoms with van der Waals surface area (Å²) in [7, 11) is -0.971. The van der Waals surface area contributed by atoms with E-state index in [0.717, 1.165) is 9.75 Å². The zero-order chi connectivity index (χ0) is 17.1. The van der Waals surface area contributed by atoms with Crippen molar-refractivity contribution in [3.8, 4) is 11.8 Å². The Morgan fingerprint density at radius 1 is 1.30 bits per heavy atom. The van der Waals surface area contributed by atoms with Crippen LogP contribution in [0.15, 0.2) is 17.9 Å². The van der Waals surface area contributed by atoms with Crippen LogP contribution in [0.1, 0.15) is 50.3 Å². The average Bonchev–Trinajstić information content (AvgIpc) is 2.97. The molecule has 3 nitrogen and oxygen atoms in total. The molecule has 1 fully saturated rings. The molecule has 0 atom stereocenters. The maximum absolute atomic E-state index is 14.4. The minimum Gasteiger partial charge on any atom is -0.398 e. The van der Waals surface area contributed by atoms with Gasteiger partial charge in [0.15, 0.2) is 0 Å². The van der Waals surface area contributed by atoms with Crippen LogP contribution in [0, 0.1) is 11.8 Å². The fourth-order valence-corrected chi connectivity index (χ4v) is 2.80. The van der Waals surface area contributed by atoms with E-state index < -0.39 is 24.0 Å². The smallest absolute Gasteiger partial charge is 0.398 e. The van der Waals surface area contributed by atoms with Crippen LogP contribution in [0.5, 0.6) is 0 Å². The number of aliphatic hydroxyl groups is 1. The lowest BCUT2D eigenvalue weighted by molar-refractivity contribution is 0.00578. The number of unbranched alkanes of at least 4 members (excludes halogenated alkanes) is 1. The molecule has 1 aliphatic rings. The van der Waals surface area contributed by atoms with E-state index in [1.165, 1.54) is 17.4 Å². The highest BCUT2D eigenvalue weighted by atomic mass is 32.1. The fraction of sp³-hybridized carbons (Fsp3) is 0.529. The molecule has 0 amide bonds. The first-order chi connectivity index (χ1) is 10.7. The SMILES string of the molecule is CC1(C)OB(C(F)=Cc2ccc(C#CCCCO)s2)OC1(C)C. The zero-order valence-corrected chi connectivity index (χ0v) is 14.8. The van der Waals surface area contributed by atoms with Gasteiger partial charge in [0, 0.05) is 17.9 Å². The molecule has 0 bridgehead atoms. The second kappa shape index (κ2) is 7.19. The Labute approximate surface area is 141 Å². The molecule has 0 radical (unpaired) electrons. The van der Waals surface area contributed by atoms with Gasteiger partial charge in [0.1, 0.15) is 5.73 Å². The first-order valence-corrected chi connectivity index (χ1v) is 8.49. The van der Waals surface area contributed by atoms with Gasteiger partial charge in [-0.3, -0.25) is 0 Å². The van der Waals surface area contributed by atoms with E-state index in [-0.39, 0.29) is 6.61 Å². The Bertz CT molecular complexity index is 624. The molecule has 0 saturated carbocycles. The van der Waals surface area contributed by atoms with Crippen molar-refractivity contribution < 1.29 is 18.8 Å². The Hall–Kier alpha value is -1.13. The summed E-state index contributed by atoms with van der Waals surface area (Å²) in [6, 6.07) is 3.69. The van der Waals surface area contributed by atoms with Gasteiger partial charge in [-0.25, -0.2) is 4.39 Å². The Kier molecular flexibility index (Phi) is 5.69. The first kappa shape index (κ1) is 18.2. The van der Waals surface area contributed by atoms with E-state index in [1.807, 2.05) is 39.8 Å².